The van der Waals surface area contributed by atoms with E-state index in [-0.39, 0.29) is 31.4 Å². The van der Waals surface area contributed by atoms with Gasteiger partial charge in [-0.25, -0.2) is 0 Å². The fourth-order valence-corrected chi connectivity index (χ4v) is 2.82. The van der Waals surface area contributed by atoms with Crippen molar-refractivity contribution in [3.8, 4) is 5.75 Å². The molecule has 8 heteroatoms. The van der Waals surface area contributed by atoms with Crippen molar-refractivity contribution in [2.24, 2.45) is 0 Å². The smallest absolute Gasteiger partial charge is 0.244 e. The molecule has 0 saturated heterocycles. The number of anilines is 1. The number of carbonyl (C=O) groups is 2. The standard InChI is InChI=1S/C18H17BrCl2N2O3/c1-23(11-16(24)22-14-7-3-2-5-12(14)19)17(25)9-10-26-15-8-4-6-13(20)18(15)21/h2-8H,9-11H2,1H3,(H,22,24). The molecular weight excluding hydrogens is 443 g/mol. The van der Waals surface area contributed by atoms with Crippen LogP contribution in [0.25, 0.3) is 0 Å². The summed E-state index contributed by atoms with van der Waals surface area (Å²) in [4.78, 5) is 25.5. The Morgan fingerprint density at radius 3 is 2.62 bits per heavy atom. The lowest BCUT2D eigenvalue weighted by atomic mass is 10.3. The molecule has 2 aromatic rings. The first-order valence-corrected chi connectivity index (χ1v) is 9.28. The molecule has 0 unspecified atom stereocenters. The molecule has 0 aromatic heterocycles. The molecule has 5 nitrogen and oxygen atoms in total. The Morgan fingerprint density at radius 1 is 1.15 bits per heavy atom. The summed E-state index contributed by atoms with van der Waals surface area (Å²) in [6, 6.07) is 12.3. The number of halogens is 3. The number of nitrogens with one attached hydrogen (secondary N) is 1. The van der Waals surface area contributed by atoms with Gasteiger partial charge in [0.15, 0.2) is 0 Å². The number of rotatable bonds is 7. The van der Waals surface area contributed by atoms with E-state index < -0.39 is 0 Å². The number of ether oxygens (including phenoxy) is 1. The van der Waals surface area contributed by atoms with Gasteiger partial charge in [-0.1, -0.05) is 41.4 Å². The molecule has 0 radical (unpaired) electrons. The van der Waals surface area contributed by atoms with Gasteiger partial charge < -0.3 is 15.0 Å². The molecule has 0 atom stereocenters. The van der Waals surface area contributed by atoms with Gasteiger partial charge in [0, 0.05) is 11.5 Å². The Labute approximate surface area is 170 Å². The first-order valence-electron chi connectivity index (χ1n) is 7.73. The number of hydrogen-bond acceptors (Lipinski definition) is 3. The van der Waals surface area contributed by atoms with Crippen LogP contribution in [0.15, 0.2) is 46.9 Å². The molecule has 2 rings (SSSR count). The third-order valence-electron chi connectivity index (χ3n) is 3.44. The summed E-state index contributed by atoms with van der Waals surface area (Å²) in [5, 5.41) is 3.44. The fraction of sp³-hybridized carbons (Fsp3) is 0.222. The molecule has 0 aliphatic carbocycles. The van der Waals surface area contributed by atoms with Gasteiger partial charge in [-0.15, -0.1) is 0 Å². The summed E-state index contributed by atoms with van der Waals surface area (Å²) in [7, 11) is 1.56. The van der Waals surface area contributed by atoms with Gasteiger partial charge in [-0.3, -0.25) is 9.59 Å². The molecule has 2 amide bonds. The zero-order chi connectivity index (χ0) is 19.1. The number of nitrogens with zero attached hydrogens (tertiary/aromatic N) is 1. The third-order valence-corrected chi connectivity index (χ3v) is 4.94. The zero-order valence-electron chi connectivity index (χ0n) is 14.0. The largest absolute Gasteiger partial charge is 0.491 e. The van der Waals surface area contributed by atoms with E-state index >= 15 is 0 Å². The first kappa shape index (κ1) is 20.6. The van der Waals surface area contributed by atoms with Crippen LogP contribution < -0.4 is 10.1 Å². The highest BCUT2D eigenvalue weighted by Crippen LogP contribution is 2.31. The van der Waals surface area contributed by atoms with E-state index in [2.05, 4.69) is 21.2 Å². The van der Waals surface area contributed by atoms with Gasteiger partial charge >= 0.3 is 0 Å². The summed E-state index contributed by atoms with van der Waals surface area (Å²) < 4.78 is 6.26. The van der Waals surface area contributed by atoms with Crippen molar-refractivity contribution in [2.45, 2.75) is 6.42 Å². The van der Waals surface area contributed by atoms with E-state index in [0.29, 0.717) is 21.5 Å². The molecule has 0 aliphatic rings. The maximum atomic E-state index is 12.1. The third kappa shape index (κ3) is 5.90. The van der Waals surface area contributed by atoms with Crippen LogP contribution in [0.1, 0.15) is 6.42 Å². The molecule has 1 N–H and O–H groups in total. The number of carbonyl (C=O) groups excluding carboxylic acids is 2. The maximum Gasteiger partial charge on any atom is 0.244 e. The van der Waals surface area contributed by atoms with E-state index in [1.54, 1.807) is 31.3 Å². The number of para-hydroxylation sites is 1. The molecule has 0 aliphatic heterocycles. The number of likely N-dealkylation sites (N-methyl/N-ethyl adjacent to an activating group) is 1. The normalized spacial score (nSPS) is 10.3. The van der Waals surface area contributed by atoms with E-state index in [1.807, 2.05) is 18.2 Å². The Morgan fingerprint density at radius 2 is 1.88 bits per heavy atom. The predicted molar refractivity (Wildman–Crippen MR) is 107 cm³/mol. The lowest BCUT2D eigenvalue weighted by Gasteiger charge is -2.17. The van der Waals surface area contributed by atoms with Crippen molar-refractivity contribution in [1.29, 1.82) is 0 Å². The number of benzene rings is 2. The van der Waals surface area contributed by atoms with Crippen LogP contribution in [0.3, 0.4) is 0 Å². The highest BCUT2D eigenvalue weighted by molar-refractivity contribution is 9.10. The van der Waals surface area contributed by atoms with Crippen molar-refractivity contribution in [1.82, 2.24) is 4.90 Å². The number of amides is 2. The molecular formula is C18H17BrCl2N2O3. The van der Waals surface area contributed by atoms with Crippen LogP contribution in [-0.4, -0.2) is 36.9 Å². The number of hydrogen-bond donors (Lipinski definition) is 1. The van der Waals surface area contributed by atoms with Crippen molar-refractivity contribution in [3.05, 3.63) is 57.0 Å². The Hall–Kier alpha value is -1.76. The van der Waals surface area contributed by atoms with E-state index in [0.717, 1.165) is 4.47 Å². The van der Waals surface area contributed by atoms with Crippen LogP contribution in [0.5, 0.6) is 5.75 Å². The van der Waals surface area contributed by atoms with Crippen molar-refractivity contribution in [2.75, 3.05) is 25.5 Å². The van der Waals surface area contributed by atoms with Crippen LogP contribution >= 0.6 is 39.1 Å². The van der Waals surface area contributed by atoms with Crippen LogP contribution in [0.2, 0.25) is 10.0 Å². The van der Waals surface area contributed by atoms with Gasteiger partial charge in [0.1, 0.15) is 10.8 Å². The summed E-state index contributed by atoms with van der Waals surface area (Å²) in [5.74, 6) is -0.0849. The minimum Gasteiger partial charge on any atom is -0.491 e. The zero-order valence-corrected chi connectivity index (χ0v) is 17.1. The molecule has 0 bridgehead atoms. The monoisotopic (exact) mass is 458 g/mol. The van der Waals surface area contributed by atoms with Crippen molar-refractivity contribution >= 4 is 56.6 Å². The lowest BCUT2D eigenvalue weighted by Crippen LogP contribution is -2.35. The van der Waals surface area contributed by atoms with E-state index in [1.165, 1.54) is 4.90 Å². The molecule has 26 heavy (non-hydrogen) atoms. The SMILES string of the molecule is CN(CC(=O)Nc1ccccc1Br)C(=O)CCOc1cccc(Cl)c1Cl. The second kappa shape index (κ2) is 9.80. The fourth-order valence-electron chi connectivity index (χ4n) is 2.09. The topological polar surface area (TPSA) is 58.6 Å². The molecule has 0 fully saturated rings. The maximum absolute atomic E-state index is 12.1. The predicted octanol–water partition coefficient (Wildman–Crippen LogP) is 4.62. The Bertz CT molecular complexity index is 802. The van der Waals surface area contributed by atoms with Gasteiger partial charge in [-0.05, 0) is 40.2 Å². The van der Waals surface area contributed by atoms with Crippen molar-refractivity contribution in [3.63, 3.8) is 0 Å². The lowest BCUT2D eigenvalue weighted by molar-refractivity contribution is -0.133. The van der Waals surface area contributed by atoms with E-state index in [4.69, 9.17) is 27.9 Å². The molecule has 138 valence electrons. The molecule has 0 spiro atoms. The van der Waals surface area contributed by atoms with Gasteiger partial charge in [0.2, 0.25) is 11.8 Å². The summed E-state index contributed by atoms with van der Waals surface area (Å²) in [5.41, 5.74) is 0.650. The van der Waals surface area contributed by atoms with Crippen LogP contribution in [0, 0.1) is 0 Å². The minimum absolute atomic E-state index is 0.0575. The average molecular weight is 460 g/mol. The summed E-state index contributed by atoms with van der Waals surface area (Å²) in [6.07, 6.45) is 0.113. The Balaban J connectivity index is 1.79. The van der Waals surface area contributed by atoms with Crippen LogP contribution in [0.4, 0.5) is 5.69 Å². The molecule has 2 aromatic carbocycles. The van der Waals surface area contributed by atoms with Gasteiger partial charge in [0.05, 0.1) is 30.3 Å². The minimum atomic E-state index is -0.286. The highest BCUT2D eigenvalue weighted by Gasteiger charge is 2.14. The second-order valence-corrected chi connectivity index (χ2v) is 7.07. The van der Waals surface area contributed by atoms with Gasteiger partial charge in [-0.2, -0.15) is 0 Å². The van der Waals surface area contributed by atoms with Gasteiger partial charge in [0.25, 0.3) is 0 Å². The second-order valence-electron chi connectivity index (χ2n) is 5.43. The van der Waals surface area contributed by atoms with E-state index in [9.17, 15) is 9.59 Å². The summed E-state index contributed by atoms with van der Waals surface area (Å²) >= 11 is 15.3. The molecule has 0 heterocycles. The first-order chi connectivity index (χ1) is 12.4. The average Bonchev–Trinajstić information content (AvgIpc) is 2.60. The quantitative estimate of drug-likeness (QED) is 0.656. The Kier molecular flexibility index (Phi) is 7.75. The van der Waals surface area contributed by atoms with Crippen molar-refractivity contribution < 1.29 is 14.3 Å². The highest BCUT2D eigenvalue weighted by atomic mass is 79.9. The molecule has 0 saturated carbocycles. The van der Waals surface area contributed by atoms with Crippen LogP contribution in [-0.2, 0) is 9.59 Å². The summed E-state index contributed by atoms with van der Waals surface area (Å²) in [6.45, 7) is 0.0766.